The van der Waals surface area contributed by atoms with E-state index in [0.717, 1.165) is 33.8 Å². The van der Waals surface area contributed by atoms with E-state index in [1.54, 1.807) is 24.3 Å². The van der Waals surface area contributed by atoms with E-state index in [1.807, 2.05) is 39.8 Å². The molecule has 0 radical (unpaired) electrons. The first-order valence-corrected chi connectivity index (χ1v) is 13.5. The van der Waals surface area contributed by atoms with Crippen molar-refractivity contribution in [2.45, 2.75) is 46.6 Å². The van der Waals surface area contributed by atoms with Crippen LogP contribution in [0.5, 0.6) is 11.5 Å². The number of nitrogens with zero attached hydrogens (tertiary/aromatic N) is 4. The molecule has 0 spiro atoms. The number of rotatable bonds is 10. The SMILES string of the molecule is CCOc1cc(C)c(-c2nc3ccccc3c(=O)n2N=Cc2cc(Cl)cc([N+](=O)[O-])c2O[C@@H](C)C(=O)O)cc1C(C)C. The lowest BCUT2D eigenvalue weighted by molar-refractivity contribution is -0.386. The molecule has 0 unspecified atom stereocenters. The van der Waals surface area contributed by atoms with Crippen LogP contribution in [0.1, 0.15) is 50.3 Å². The van der Waals surface area contributed by atoms with Crippen molar-refractivity contribution in [2.75, 3.05) is 6.61 Å². The van der Waals surface area contributed by atoms with E-state index in [0.29, 0.717) is 23.1 Å². The van der Waals surface area contributed by atoms with E-state index >= 15 is 0 Å². The predicted octanol–water partition coefficient (Wildman–Crippen LogP) is 6.19. The summed E-state index contributed by atoms with van der Waals surface area (Å²) in [7, 11) is 0. The Kier molecular flexibility index (Phi) is 8.91. The minimum atomic E-state index is -1.42. The summed E-state index contributed by atoms with van der Waals surface area (Å²) in [6.45, 7) is 9.55. The van der Waals surface area contributed by atoms with Gasteiger partial charge in [-0.1, -0.05) is 37.6 Å². The van der Waals surface area contributed by atoms with Crippen molar-refractivity contribution in [1.29, 1.82) is 0 Å². The number of hydrogen-bond donors (Lipinski definition) is 1. The number of fused-ring (bicyclic) bond motifs is 1. The Morgan fingerprint density at radius 3 is 2.57 bits per heavy atom. The van der Waals surface area contributed by atoms with Gasteiger partial charge in [-0.3, -0.25) is 14.9 Å². The third kappa shape index (κ3) is 6.10. The van der Waals surface area contributed by atoms with Crippen molar-refractivity contribution < 1.29 is 24.3 Å². The molecule has 0 aliphatic rings. The minimum Gasteiger partial charge on any atom is -0.494 e. The van der Waals surface area contributed by atoms with Crippen molar-refractivity contribution in [2.24, 2.45) is 5.10 Å². The van der Waals surface area contributed by atoms with Gasteiger partial charge < -0.3 is 14.6 Å². The van der Waals surface area contributed by atoms with Crippen LogP contribution >= 0.6 is 11.6 Å². The second kappa shape index (κ2) is 12.4. The van der Waals surface area contributed by atoms with Gasteiger partial charge in [0.15, 0.2) is 11.9 Å². The monoisotopic (exact) mass is 592 g/mol. The summed E-state index contributed by atoms with van der Waals surface area (Å²) in [6, 6.07) is 13.0. The van der Waals surface area contributed by atoms with Crippen LogP contribution in [-0.2, 0) is 4.79 Å². The maximum Gasteiger partial charge on any atom is 0.344 e. The minimum absolute atomic E-state index is 0.000376. The Labute approximate surface area is 246 Å². The molecule has 218 valence electrons. The van der Waals surface area contributed by atoms with E-state index < -0.39 is 28.2 Å². The van der Waals surface area contributed by atoms with E-state index in [9.17, 15) is 24.8 Å². The van der Waals surface area contributed by atoms with Gasteiger partial charge in [0.05, 0.1) is 28.6 Å². The number of carbonyl (C=O) groups is 1. The van der Waals surface area contributed by atoms with Crippen LogP contribution in [0.4, 0.5) is 5.69 Å². The summed E-state index contributed by atoms with van der Waals surface area (Å²) in [6.07, 6.45) is -0.254. The van der Waals surface area contributed by atoms with Crippen LogP contribution in [0.25, 0.3) is 22.3 Å². The molecular weight excluding hydrogens is 564 g/mol. The number of aromatic nitrogens is 2. The van der Waals surface area contributed by atoms with Crippen LogP contribution in [0.3, 0.4) is 0 Å². The number of para-hydroxylation sites is 1. The summed E-state index contributed by atoms with van der Waals surface area (Å²) in [5.74, 6) is -0.627. The third-order valence-corrected chi connectivity index (χ3v) is 6.71. The lowest BCUT2D eigenvalue weighted by atomic mass is 9.96. The average molecular weight is 593 g/mol. The zero-order chi connectivity index (χ0) is 30.7. The summed E-state index contributed by atoms with van der Waals surface area (Å²) >= 11 is 6.16. The highest BCUT2D eigenvalue weighted by molar-refractivity contribution is 6.31. The number of aliphatic carboxylic acids is 1. The molecule has 0 saturated heterocycles. The number of carboxylic acids is 1. The Hall–Kier alpha value is -4.77. The molecule has 1 aromatic heterocycles. The fourth-order valence-corrected chi connectivity index (χ4v) is 4.60. The molecule has 1 N–H and O–H groups in total. The summed E-state index contributed by atoms with van der Waals surface area (Å²) < 4.78 is 12.4. The van der Waals surface area contributed by atoms with Crippen molar-refractivity contribution >= 4 is 40.4 Å². The highest BCUT2D eigenvalue weighted by Gasteiger charge is 2.25. The van der Waals surface area contributed by atoms with Crippen molar-refractivity contribution in [1.82, 2.24) is 9.66 Å². The molecule has 4 aromatic rings. The van der Waals surface area contributed by atoms with Crippen LogP contribution in [0, 0.1) is 17.0 Å². The molecule has 4 rings (SSSR count). The fraction of sp³-hybridized carbons (Fsp3) is 0.267. The molecule has 0 aliphatic carbocycles. The molecular formula is C30H29ClN4O7. The highest BCUT2D eigenvalue weighted by Crippen LogP contribution is 2.36. The molecule has 0 bridgehead atoms. The number of carboxylic acid groups (broad SMARTS) is 1. The lowest BCUT2D eigenvalue weighted by Gasteiger charge is -2.18. The molecule has 0 fully saturated rings. The van der Waals surface area contributed by atoms with Gasteiger partial charge in [0, 0.05) is 22.2 Å². The number of hydrogen-bond acceptors (Lipinski definition) is 8. The number of nitro benzene ring substituents is 1. The van der Waals surface area contributed by atoms with E-state index in [-0.39, 0.29) is 28.1 Å². The molecule has 1 atom stereocenters. The first kappa shape index (κ1) is 30.2. The molecule has 42 heavy (non-hydrogen) atoms. The largest absolute Gasteiger partial charge is 0.494 e. The van der Waals surface area contributed by atoms with Gasteiger partial charge in [0.25, 0.3) is 5.56 Å². The highest BCUT2D eigenvalue weighted by atomic mass is 35.5. The first-order valence-electron chi connectivity index (χ1n) is 13.1. The number of nitro groups is 1. The predicted molar refractivity (Wildman–Crippen MR) is 160 cm³/mol. The van der Waals surface area contributed by atoms with Gasteiger partial charge in [-0.25, -0.2) is 9.78 Å². The van der Waals surface area contributed by atoms with Crippen LogP contribution < -0.4 is 15.0 Å². The Balaban J connectivity index is 2.00. The topological polar surface area (TPSA) is 146 Å². The zero-order valence-electron chi connectivity index (χ0n) is 23.6. The molecule has 12 heteroatoms. The summed E-state index contributed by atoms with van der Waals surface area (Å²) in [5.41, 5.74) is 1.76. The Morgan fingerprint density at radius 1 is 1.21 bits per heavy atom. The lowest BCUT2D eigenvalue weighted by Crippen LogP contribution is -2.24. The van der Waals surface area contributed by atoms with E-state index in [4.69, 9.17) is 26.1 Å². The quantitative estimate of drug-likeness (QED) is 0.130. The van der Waals surface area contributed by atoms with Gasteiger partial charge in [-0.15, -0.1) is 0 Å². The molecule has 0 aliphatic heterocycles. The number of ether oxygens (including phenoxy) is 2. The Morgan fingerprint density at radius 2 is 1.93 bits per heavy atom. The normalized spacial score (nSPS) is 12.2. The van der Waals surface area contributed by atoms with Crippen LogP contribution in [-0.4, -0.2) is 44.6 Å². The molecule has 3 aromatic carbocycles. The molecule has 11 nitrogen and oxygen atoms in total. The fourth-order valence-electron chi connectivity index (χ4n) is 4.38. The standard InChI is InChI=1S/C30H29ClN4O7/c1-6-41-26-11-17(4)23(14-22(26)16(2)3)28-33-24-10-8-7-9-21(24)29(36)34(28)32-15-19-12-20(31)13-25(35(39)40)27(19)42-18(5)30(37)38/h7-16,18H,6H2,1-5H3,(H,37,38)/t18-/m0/s1. The number of aryl methyl sites for hydroxylation is 1. The molecule has 0 saturated carbocycles. The van der Waals surface area contributed by atoms with Crippen LogP contribution in [0.15, 0.2) is 58.4 Å². The van der Waals surface area contributed by atoms with Crippen molar-refractivity contribution in [3.63, 3.8) is 0 Å². The van der Waals surface area contributed by atoms with Gasteiger partial charge in [0.1, 0.15) is 5.75 Å². The summed E-state index contributed by atoms with van der Waals surface area (Å²) in [4.78, 5) is 41.1. The smallest absolute Gasteiger partial charge is 0.344 e. The van der Waals surface area contributed by atoms with E-state index in [1.165, 1.54) is 13.0 Å². The van der Waals surface area contributed by atoms with Crippen molar-refractivity contribution in [3.05, 3.63) is 90.7 Å². The van der Waals surface area contributed by atoms with Gasteiger partial charge >= 0.3 is 11.7 Å². The average Bonchev–Trinajstić information content (AvgIpc) is 2.93. The number of benzene rings is 3. The Bertz CT molecular complexity index is 1780. The second-order valence-electron chi connectivity index (χ2n) is 9.81. The summed E-state index contributed by atoms with van der Waals surface area (Å²) in [5, 5.41) is 25.8. The molecule has 1 heterocycles. The van der Waals surface area contributed by atoms with Gasteiger partial charge in [0.2, 0.25) is 5.75 Å². The maximum absolute atomic E-state index is 13.8. The molecule has 0 amide bonds. The number of halogens is 1. The van der Waals surface area contributed by atoms with Gasteiger partial charge in [-0.2, -0.15) is 9.78 Å². The van der Waals surface area contributed by atoms with Crippen molar-refractivity contribution in [3.8, 4) is 22.9 Å². The first-order chi connectivity index (χ1) is 19.9. The second-order valence-corrected chi connectivity index (χ2v) is 10.2. The van der Waals surface area contributed by atoms with Gasteiger partial charge in [-0.05, 0) is 68.1 Å². The zero-order valence-corrected chi connectivity index (χ0v) is 24.4. The third-order valence-electron chi connectivity index (χ3n) is 6.49. The maximum atomic E-state index is 13.8. The van der Waals surface area contributed by atoms with E-state index in [2.05, 4.69) is 5.10 Å². The van der Waals surface area contributed by atoms with Crippen LogP contribution in [0.2, 0.25) is 5.02 Å².